The summed E-state index contributed by atoms with van der Waals surface area (Å²) in [6.07, 6.45) is 4.22. The summed E-state index contributed by atoms with van der Waals surface area (Å²) in [5.74, 6) is 0.0709. The van der Waals surface area contributed by atoms with Crippen LogP contribution in [0.15, 0.2) is 61.1 Å². The molecule has 32 heavy (non-hydrogen) atoms. The van der Waals surface area contributed by atoms with Crippen molar-refractivity contribution in [2.24, 2.45) is 0 Å². The van der Waals surface area contributed by atoms with Crippen LogP contribution in [0.3, 0.4) is 0 Å². The van der Waals surface area contributed by atoms with Crippen LogP contribution in [0.1, 0.15) is 28.2 Å². The first kappa shape index (κ1) is 21.5. The summed E-state index contributed by atoms with van der Waals surface area (Å²) < 4.78 is 39.8. The summed E-state index contributed by atoms with van der Waals surface area (Å²) in [6.45, 7) is 2.55. The number of halogens is 3. The summed E-state index contributed by atoms with van der Waals surface area (Å²) in [6, 6.07) is 7.43. The molecule has 1 aliphatic heterocycles. The van der Waals surface area contributed by atoms with Crippen LogP contribution in [-0.4, -0.2) is 49.7 Å². The molecule has 0 fully saturated rings. The molecule has 0 aromatic carbocycles. The maximum atomic E-state index is 13.5. The van der Waals surface area contributed by atoms with Gasteiger partial charge in [-0.15, -0.1) is 0 Å². The van der Waals surface area contributed by atoms with E-state index in [1.54, 1.807) is 28.0 Å². The average molecular weight is 442 g/mol. The Morgan fingerprint density at radius 3 is 2.75 bits per heavy atom. The number of nitrogens with one attached hydrogen (secondary N) is 1. The summed E-state index contributed by atoms with van der Waals surface area (Å²) >= 11 is 0. The zero-order valence-corrected chi connectivity index (χ0v) is 17.3. The predicted molar refractivity (Wildman–Crippen MR) is 112 cm³/mol. The van der Waals surface area contributed by atoms with Crippen molar-refractivity contribution in [2.45, 2.75) is 25.6 Å². The topological polar surface area (TPSA) is 75.9 Å². The van der Waals surface area contributed by atoms with Crippen LogP contribution < -0.4 is 5.32 Å². The zero-order chi connectivity index (χ0) is 22.7. The van der Waals surface area contributed by atoms with Crippen molar-refractivity contribution in [3.63, 3.8) is 0 Å². The van der Waals surface area contributed by atoms with Gasteiger partial charge in [0.05, 0.1) is 17.3 Å². The Bertz CT molecular complexity index is 1110. The Hall–Kier alpha value is -3.69. The van der Waals surface area contributed by atoms with E-state index in [-0.39, 0.29) is 11.9 Å². The molecule has 4 heterocycles. The molecule has 7 nitrogen and oxygen atoms in total. The molecule has 0 aliphatic carbocycles. The van der Waals surface area contributed by atoms with Gasteiger partial charge < -0.3 is 10.2 Å². The van der Waals surface area contributed by atoms with Crippen molar-refractivity contribution < 1.29 is 18.0 Å². The molecule has 0 saturated carbocycles. The van der Waals surface area contributed by atoms with E-state index in [9.17, 15) is 18.0 Å². The summed E-state index contributed by atoms with van der Waals surface area (Å²) in [4.78, 5) is 23.5. The van der Waals surface area contributed by atoms with Crippen LogP contribution in [0.2, 0.25) is 0 Å². The standard InChI is InChI=1S/C22H21F3N6O/c1-15-6-8-18(31-12-4-10-28-31)20(29-15)21(32)30-11-3-2-5-17(30)14-27-19-9-7-16(13-26-19)22(23,24)25/h2-4,6-10,12-13,17H,5,11,14H2,1H3,(H,26,27)/t17-/m0/s1. The van der Waals surface area contributed by atoms with E-state index in [4.69, 9.17) is 0 Å². The fourth-order valence-corrected chi connectivity index (χ4v) is 3.49. The number of aromatic nitrogens is 4. The molecule has 3 aromatic rings. The van der Waals surface area contributed by atoms with Crippen molar-refractivity contribution in [1.82, 2.24) is 24.6 Å². The SMILES string of the molecule is Cc1ccc(-n2cccn2)c(C(=O)N2CC=CC[C@H]2CNc2ccc(C(F)(F)F)cn2)n1. The van der Waals surface area contributed by atoms with Crippen molar-refractivity contribution in [1.29, 1.82) is 0 Å². The first-order valence-electron chi connectivity index (χ1n) is 10.0. The summed E-state index contributed by atoms with van der Waals surface area (Å²) in [7, 11) is 0. The summed E-state index contributed by atoms with van der Waals surface area (Å²) in [5, 5.41) is 7.25. The highest BCUT2D eigenvalue weighted by Gasteiger charge is 2.31. The number of pyridine rings is 2. The lowest BCUT2D eigenvalue weighted by Gasteiger charge is -2.33. The van der Waals surface area contributed by atoms with Crippen LogP contribution in [-0.2, 0) is 6.18 Å². The van der Waals surface area contributed by atoms with Gasteiger partial charge in [0.1, 0.15) is 5.82 Å². The first-order valence-corrected chi connectivity index (χ1v) is 10.0. The van der Waals surface area contributed by atoms with E-state index < -0.39 is 11.7 Å². The molecule has 166 valence electrons. The van der Waals surface area contributed by atoms with Gasteiger partial charge in [0.2, 0.25) is 0 Å². The molecule has 10 heteroatoms. The number of amides is 1. The fraction of sp³-hybridized carbons (Fsp3) is 0.273. The molecule has 1 N–H and O–H groups in total. The third-order valence-electron chi connectivity index (χ3n) is 5.16. The lowest BCUT2D eigenvalue weighted by atomic mass is 10.1. The van der Waals surface area contributed by atoms with Crippen LogP contribution in [0, 0.1) is 6.92 Å². The highest BCUT2D eigenvalue weighted by molar-refractivity contribution is 5.96. The van der Waals surface area contributed by atoms with Gasteiger partial charge in [-0.1, -0.05) is 12.2 Å². The molecular weight excluding hydrogens is 421 g/mol. The van der Waals surface area contributed by atoms with Crippen LogP contribution in [0.4, 0.5) is 19.0 Å². The van der Waals surface area contributed by atoms with Gasteiger partial charge in [0.25, 0.3) is 5.91 Å². The third-order valence-corrected chi connectivity index (χ3v) is 5.16. The van der Waals surface area contributed by atoms with Crippen molar-refractivity contribution in [2.75, 3.05) is 18.4 Å². The second-order valence-electron chi connectivity index (χ2n) is 7.40. The van der Waals surface area contributed by atoms with E-state index in [0.29, 0.717) is 42.4 Å². The number of aryl methyl sites for hydroxylation is 1. The van der Waals surface area contributed by atoms with Crippen molar-refractivity contribution in [3.05, 3.63) is 78.0 Å². The third kappa shape index (κ3) is 4.63. The molecule has 0 radical (unpaired) electrons. The fourth-order valence-electron chi connectivity index (χ4n) is 3.49. The zero-order valence-electron chi connectivity index (χ0n) is 17.3. The maximum Gasteiger partial charge on any atom is 0.417 e. The highest BCUT2D eigenvalue weighted by atomic mass is 19.4. The maximum absolute atomic E-state index is 13.5. The first-order chi connectivity index (χ1) is 15.3. The number of alkyl halides is 3. The van der Waals surface area contributed by atoms with Gasteiger partial charge in [0.15, 0.2) is 5.69 Å². The minimum absolute atomic E-state index is 0.218. The molecule has 1 amide bonds. The average Bonchev–Trinajstić information content (AvgIpc) is 3.32. The Balaban J connectivity index is 1.53. The van der Waals surface area contributed by atoms with Gasteiger partial charge in [-0.3, -0.25) is 4.79 Å². The monoisotopic (exact) mass is 442 g/mol. The molecule has 1 atom stereocenters. The highest BCUT2D eigenvalue weighted by Crippen LogP contribution is 2.29. The van der Waals surface area contributed by atoms with Gasteiger partial charge in [-0.2, -0.15) is 18.3 Å². The molecule has 0 spiro atoms. The van der Waals surface area contributed by atoms with Gasteiger partial charge in [-0.05, 0) is 43.7 Å². The lowest BCUT2D eigenvalue weighted by molar-refractivity contribution is -0.137. The van der Waals surface area contributed by atoms with Crippen molar-refractivity contribution >= 4 is 11.7 Å². The number of rotatable bonds is 5. The van der Waals surface area contributed by atoms with Crippen LogP contribution >= 0.6 is 0 Å². The van der Waals surface area contributed by atoms with Gasteiger partial charge in [-0.25, -0.2) is 14.6 Å². The Labute approximate surface area is 182 Å². The minimum Gasteiger partial charge on any atom is -0.368 e. The van der Waals surface area contributed by atoms with E-state index in [1.165, 1.54) is 6.07 Å². The number of nitrogens with zero attached hydrogens (tertiary/aromatic N) is 5. The predicted octanol–water partition coefficient (Wildman–Crippen LogP) is 3.87. The quantitative estimate of drug-likeness (QED) is 0.607. The van der Waals surface area contributed by atoms with Crippen LogP contribution in [0.25, 0.3) is 5.69 Å². The Kier molecular flexibility index (Phi) is 5.93. The number of carbonyl (C=O) groups is 1. The number of carbonyl (C=O) groups excluding carboxylic acids is 1. The normalized spacial score (nSPS) is 16.2. The minimum atomic E-state index is -4.43. The Morgan fingerprint density at radius 2 is 2.06 bits per heavy atom. The largest absolute Gasteiger partial charge is 0.417 e. The number of hydrogen-bond donors (Lipinski definition) is 1. The second kappa shape index (κ2) is 8.81. The van der Waals surface area contributed by atoms with E-state index in [0.717, 1.165) is 12.3 Å². The second-order valence-corrected chi connectivity index (χ2v) is 7.40. The summed E-state index contributed by atoms with van der Waals surface area (Å²) in [5.41, 5.74) is 0.774. The number of hydrogen-bond acceptors (Lipinski definition) is 5. The molecule has 4 rings (SSSR count). The van der Waals surface area contributed by atoms with E-state index in [2.05, 4.69) is 20.4 Å². The molecule has 3 aromatic heterocycles. The smallest absolute Gasteiger partial charge is 0.368 e. The van der Waals surface area contributed by atoms with Gasteiger partial charge in [0, 0.05) is 37.4 Å². The molecule has 0 bridgehead atoms. The Morgan fingerprint density at radius 1 is 1.22 bits per heavy atom. The molecule has 1 aliphatic rings. The molecule has 0 saturated heterocycles. The van der Waals surface area contributed by atoms with Crippen molar-refractivity contribution in [3.8, 4) is 5.69 Å². The molecule has 0 unspecified atom stereocenters. The lowest BCUT2D eigenvalue weighted by Crippen LogP contribution is -2.46. The van der Waals surface area contributed by atoms with E-state index >= 15 is 0 Å². The number of anilines is 1. The van der Waals surface area contributed by atoms with E-state index in [1.807, 2.05) is 31.2 Å². The molecular formula is C22H21F3N6O. The van der Waals surface area contributed by atoms with Crippen LogP contribution in [0.5, 0.6) is 0 Å². The van der Waals surface area contributed by atoms with Gasteiger partial charge >= 0.3 is 6.18 Å².